The zero-order chi connectivity index (χ0) is 20.6. The topological polar surface area (TPSA) is 66.0 Å². The first-order valence-corrected chi connectivity index (χ1v) is 9.99. The zero-order valence-corrected chi connectivity index (χ0v) is 19.7. The highest BCUT2D eigenvalue weighted by Gasteiger charge is 2.26. The summed E-state index contributed by atoms with van der Waals surface area (Å²) < 4.78 is 21.8. The second-order valence-corrected chi connectivity index (χ2v) is 7.25. The summed E-state index contributed by atoms with van der Waals surface area (Å²) in [7, 11) is 4.69. The summed E-state index contributed by atoms with van der Waals surface area (Å²) in [5, 5.41) is 10.5. The van der Waals surface area contributed by atoms with Gasteiger partial charge >= 0.3 is 0 Å². The molecule has 1 fully saturated rings. The molecule has 7 nitrogen and oxygen atoms in total. The van der Waals surface area contributed by atoms with Crippen LogP contribution in [0.3, 0.4) is 0 Å². The van der Waals surface area contributed by atoms with Crippen molar-refractivity contribution in [2.24, 2.45) is 0 Å². The van der Waals surface area contributed by atoms with Gasteiger partial charge in [0.05, 0.1) is 21.3 Å². The minimum absolute atomic E-state index is 0. The van der Waals surface area contributed by atoms with Crippen molar-refractivity contribution >= 4 is 5.69 Å². The third kappa shape index (κ3) is 7.33. The Kier molecular flexibility index (Phi) is 11.8. The van der Waals surface area contributed by atoms with Crippen LogP contribution in [0.15, 0.2) is 42.5 Å². The number of aliphatic hydroxyl groups is 1. The lowest BCUT2D eigenvalue weighted by molar-refractivity contribution is -0.988. The van der Waals surface area contributed by atoms with Gasteiger partial charge in [0, 0.05) is 12.1 Å². The molecule has 1 unspecified atom stereocenters. The molecule has 174 valence electrons. The number of methoxy groups -OCH3 is 3. The van der Waals surface area contributed by atoms with Crippen LogP contribution < -0.4 is 53.6 Å². The van der Waals surface area contributed by atoms with Crippen molar-refractivity contribution in [3.63, 3.8) is 0 Å². The summed E-state index contributed by atoms with van der Waals surface area (Å²) in [5.41, 5.74) is 1.35. The third-order valence-corrected chi connectivity index (χ3v) is 5.35. The Hall–Kier alpha value is -1.90. The fourth-order valence-electron chi connectivity index (χ4n) is 3.80. The summed E-state index contributed by atoms with van der Waals surface area (Å²) in [5.74, 6) is 2.15. The number of rotatable bonds is 9. The number of hydrogen-bond donors (Lipinski definition) is 3. The Bertz CT molecular complexity index is 749. The van der Waals surface area contributed by atoms with Crippen LogP contribution in [-0.4, -0.2) is 71.9 Å². The number of halogens is 2. The van der Waals surface area contributed by atoms with Gasteiger partial charge < -0.3 is 53.8 Å². The number of ether oxygens (including phenoxy) is 4. The van der Waals surface area contributed by atoms with E-state index in [1.807, 2.05) is 0 Å². The highest BCUT2D eigenvalue weighted by Crippen LogP contribution is 2.40. The van der Waals surface area contributed by atoms with Gasteiger partial charge in [0.1, 0.15) is 56.9 Å². The smallest absolute Gasteiger partial charge is 0.203 e. The summed E-state index contributed by atoms with van der Waals surface area (Å²) in [6.07, 6.45) is -0.539. The number of benzene rings is 2. The molecule has 0 amide bonds. The van der Waals surface area contributed by atoms with Gasteiger partial charge in [-0.3, -0.25) is 4.90 Å². The standard InChI is InChI=1S/C22H30N2O5.2ClH/c1-26-20-13-19(14-21(27-2)22(20)28-3)29-16-18(25)15-23-9-11-24(12-10-23)17-7-5-4-6-8-17;;/h4-8,13-14,18,25H,9-12,15-16H2,1-3H3;2*1H. The van der Waals surface area contributed by atoms with Crippen molar-refractivity contribution in [2.45, 2.75) is 6.10 Å². The number of piperazine rings is 1. The number of hydrogen-bond acceptors (Lipinski definition) is 5. The first-order chi connectivity index (χ1) is 14.1. The lowest BCUT2D eigenvalue weighted by Gasteiger charge is -2.30. The van der Waals surface area contributed by atoms with Gasteiger partial charge in [-0.25, -0.2) is 0 Å². The molecule has 0 saturated carbocycles. The van der Waals surface area contributed by atoms with Crippen molar-refractivity contribution in [2.75, 3.05) is 60.7 Å². The van der Waals surface area contributed by atoms with Crippen LogP contribution in [0.4, 0.5) is 5.69 Å². The van der Waals surface area contributed by atoms with E-state index < -0.39 is 6.10 Å². The normalized spacial score (nSPS) is 18.7. The molecule has 1 atom stereocenters. The quantitative estimate of drug-likeness (QED) is 0.337. The van der Waals surface area contributed by atoms with Crippen LogP contribution in [0.25, 0.3) is 0 Å². The summed E-state index contributed by atoms with van der Waals surface area (Å²) in [4.78, 5) is 2.92. The summed E-state index contributed by atoms with van der Waals surface area (Å²) >= 11 is 0. The lowest BCUT2D eigenvalue weighted by Crippen LogP contribution is -3.26. The van der Waals surface area contributed by atoms with Crippen molar-refractivity contribution in [1.29, 1.82) is 0 Å². The Morgan fingerprint density at radius 3 is 1.97 bits per heavy atom. The predicted octanol–water partition coefficient (Wildman–Crippen LogP) is -6.42. The van der Waals surface area contributed by atoms with Gasteiger partial charge in [-0.05, 0) is 12.1 Å². The van der Waals surface area contributed by atoms with Crippen molar-refractivity contribution < 1.29 is 58.7 Å². The first-order valence-electron chi connectivity index (χ1n) is 9.99. The minimum Gasteiger partial charge on any atom is -1.00 e. The molecule has 3 N–H and O–H groups in total. The highest BCUT2D eigenvalue weighted by atomic mass is 35.5. The molecular weight excluding hydrogens is 443 g/mol. The zero-order valence-electron chi connectivity index (χ0n) is 18.2. The van der Waals surface area contributed by atoms with E-state index in [4.69, 9.17) is 18.9 Å². The maximum Gasteiger partial charge on any atom is 0.203 e. The van der Waals surface area contributed by atoms with Gasteiger partial charge in [-0.15, -0.1) is 0 Å². The largest absolute Gasteiger partial charge is 1.00 e. The van der Waals surface area contributed by atoms with E-state index in [-0.39, 0.29) is 31.4 Å². The number of nitrogens with one attached hydrogen (secondary N) is 2. The molecule has 0 aliphatic carbocycles. The first kappa shape index (κ1) is 27.1. The van der Waals surface area contributed by atoms with E-state index in [1.54, 1.807) is 33.5 Å². The number of para-hydroxylation sites is 1. The van der Waals surface area contributed by atoms with Crippen LogP contribution in [0.1, 0.15) is 0 Å². The van der Waals surface area contributed by atoms with Gasteiger partial charge in [0.25, 0.3) is 0 Å². The maximum atomic E-state index is 10.5. The Morgan fingerprint density at radius 1 is 0.871 bits per heavy atom. The molecule has 2 aromatic rings. The minimum atomic E-state index is -0.539. The molecule has 1 saturated heterocycles. The molecule has 2 aromatic carbocycles. The van der Waals surface area contributed by atoms with Crippen LogP contribution in [-0.2, 0) is 0 Å². The van der Waals surface area contributed by atoms with Crippen LogP contribution in [0, 0.1) is 0 Å². The van der Waals surface area contributed by atoms with Crippen molar-refractivity contribution in [3.8, 4) is 23.0 Å². The van der Waals surface area contributed by atoms with Crippen molar-refractivity contribution in [3.05, 3.63) is 42.5 Å². The van der Waals surface area contributed by atoms with E-state index in [0.717, 1.165) is 26.2 Å². The van der Waals surface area contributed by atoms with E-state index in [1.165, 1.54) is 15.5 Å². The van der Waals surface area contributed by atoms with Crippen molar-refractivity contribution in [1.82, 2.24) is 0 Å². The van der Waals surface area contributed by atoms with Gasteiger partial charge in [-0.1, -0.05) is 18.2 Å². The molecule has 1 heterocycles. The molecule has 9 heteroatoms. The van der Waals surface area contributed by atoms with Crippen LogP contribution in [0.2, 0.25) is 0 Å². The van der Waals surface area contributed by atoms with E-state index >= 15 is 0 Å². The Morgan fingerprint density at radius 2 is 1.45 bits per heavy atom. The van der Waals surface area contributed by atoms with E-state index in [2.05, 4.69) is 30.3 Å². The molecular formula is C22H32Cl2N2O5. The van der Waals surface area contributed by atoms with Gasteiger partial charge in [0.2, 0.25) is 5.75 Å². The lowest BCUT2D eigenvalue weighted by atomic mass is 10.2. The van der Waals surface area contributed by atoms with E-state index in [0.29, 0.717) is 29.5 Å². The van der Waals surface area contributed by atoms with Crippen LogP contribution >= 0.6 is 0 Å². The second-order valence-electron chi connectivity index (χ2n) is 7.25. The van der Waals surface area contributed by atoms with E-state index in [9.17, 15) is 5.11 Å². The molecule has 31 heavy (non-hydrogen) atoms. The third-order valence-electron chi connectivity index (χ3n) is 5.35. The predicted molar refractivity (Wildman–Crippen MR) is 110 cm³/mol. The summed E-state index contributed by atoms with van der Waals surface area (Å²) in [6.45, 7) is 5.10. The highest BCUT2D eigenvalue weighted by molar-refractivity contribution is 5.55. The summed E-state index contributed by atoms with van der Waals surface area (Å²) in [6, 6.07) is 14.1. The second kappa shape index (κ2) is 13.5. The molecule has 1 aliphatic heterocycles. The molecule has 1 aliphatic rings. The number of quaternary nitrogens is 2. The Labute approximate surface area is 196 Å². The van der Waals surface area contributed by atoms with Gasteiger partial charge in [-0.2, -0.15) is 0 Å². The fourth-order valence-corrected chi connectivity index (χ4v) is 3.80. The fraction of sp³-hybridized carbons (Fsp3) is 0.455. The molecule has 0 bridgehead atoms. The number of aliphatic hydroxyl groups excluding tert-OH is 1. The molecule has 0 spiro atoms. The average Bonchev–Trinajstić information content (AvgIpc) is 2.78. The average molecular weight is 475 g/mol. The Balaban J connectivity index is 0.00000240. The van der Waals surface area contributed by atoms with Gasteiger partial charge in [0.15, 0.2) is 11.5 Å². The maximum absolute atomic E-state index is 10.5. The SMILES string of the molecule is COc1cc(OCC(O)C[NH+]2CC[NH+](c3ccccc3)CC2)cc(OC)c1OC.[Cl-].[Cl-]. The molecule has 3 rings (SSSR count). The van der Waals surface area contributed by atoms with Crippen LogP contribution in [0.5, 0.6) is 23.0 Å². The molecule has 0 aromatic heterocycles. The molecule has 0 radical (unpaired) electrons. The monoisotopic (exact) mass is 474 g/mol.